The average molecular weight is 285 g/mol. The Hall–Kier alpha value is -1.61. The highest BCUT2D eigenvalue weighted by molar-refractivity contribution is 7.10. The highest BCUT2D eigenvalue weighted by Gasteiger charge is 2.21. The van der Waals surface area contributed by atoms with Gasteiger partial charge in [0.2, 0.25) is 0 Å². The third-order valence-electron chi connectivity index (χ3n) is 3.95. The molecule has 1 atom stereocenters. The number of benzene rings is 1. The Morgan fingerprint density at radius 3 is 2.75 bits per heavy atom. The van der Waals surface area contributed by atoms with E-state index >= 15 is 0 Å². The molecule has 1 aromatic heterocycles. The van der Waals surface area contributed by atoms with E-state index in [1.54, 1.807) is 11.3 Å². The van der Waals surface area contributed by atoms with Crippen LogP contribution in [0.15, 0.2) is 35.7 Å². The molecule has 1 heterocycles. The van der Waals surface area contributed by atoms with Gasteiger partial charge in [-0.05, 0) is 43.7 Å². The summed E-state index contributed by atoms with van der Waals surface area (Å²) in [5.74, 6) is 0.0701. The number of amides is 1. The molecular formula is C17H19NOS. The number of aryl methyl sites for hydroxylation is 1. The lowest BCUT2D eigenvalue weighted by atomic mass is 9.95. The van der Waals surface area contributed by atoms with Crippen LogP contribution in [-0.2, 0) is 12.8 Å². The van der Waals surface area contributed by atoms with Crippen molar-refractivity contribution in [3.05, 3.63) is 57.3 Å². The van der Waals surface area contributed by atoms with E-state index < -0.39 is 0 Å². The van der Waals surface area contributed by atoms with Gasteiger partial charge in [0.1, 0.15) is 0 Å². The number of rotatable bonds is 3. The van der Waals surface area contributed by atoms with Crippen molar-refractivity contribution in [1.82, 2.24) is 5.32 Å². The molecule has 1 aromatic carbocycles. The number of carbonyl (C=O) groups is 1. The van der Waals surface area contributed by atoms with Gasteiger partial charge in [-0.2, -0.15) is 0 Å². The van der Waals surface area contributed by atoms with E-state index in [-0.39, 0.29) is 11.9 Å². The molecule has 0 saturated heterocycles. The zero-order valence-corrected chi connectivity index (χ0v) is 12.5. The first-order valence-corrected chi connectivity index (χ1v) is 8.08. The predicted molar refractivity (Wildman–Crippen MR) is 83.3 cm³/mol. The molecule has 104 valence electrons. The molecule has 0 bridgehead atoms. The van der Waals surface area contributed by atoms with Gasteiger partial charge in [0.05, 0.1) is 11.6 Å². The summed E-state index contributed by atoms with van der Waals surface area (Å²) in [6.45, 7) is 2.03. The van der Waals surface area contributed by atoms with Crippen LogP contribution in [0.25, 0.3) is 0 Å². The fourth-order valence-corrected chi connectivity index (χ4v) is 3.91. The molecule has 1 aliphatic rings. The van der Waals surface area contributed by atoms with Gasteiger partial charge in [0.15, 0.2) is 0 Å². The van der Waals surface area contributed by atoms with Crippen molar-refractivity contribution in [3.63, 3.8) is 0 Å². The Kier molecular flexibility index (Phi) is 3.88. The van der Waals surface area contributed by atoms with E-state index in [1.165, 1.54) is 23.3 Å². The molecule has 0 saturated carbocycles. The van der Waals surface area contributed by atoms with E-state index in [0.29, 0.717) is 0 Å². The number of hydrogen-bond donors (Lipinski definition) is 1. The summed E-state index contributed by atoms with van der Waals surface area (Å²) in [6, 6.07) is 10.1. The predicted octanol–water partition coefficient (Wildman–Crippen LogP) is 4.12. The lowest BCUT2D eigenvalue weighted by Crippen LogP contribution is -2.27. The normalized spacial score (nSPS) is 15.4. The van der Waals surface area contributed by atoms with E-state index in [0.717, 1.165) is 24.0 Å². The van der Waals surface area contributed by atoms with Gasteiger partial charge in [-0.1, -0.05) is 30.3 Å². The fourth-order valence-electron chi connectivity index (χ4n) is 2.78. The Labute approximate surface area is 123 Å². The molecule has 1 amide bonds. The summed E-state index contributed by atoms with van der Waals surface area (Å²) in [5, 5.41) is 5.15. The Bertz CT molecular complexity index is 603. The molecule has 2 nitrogen and oxygen atoms in total. The van der Waals surface area contributed by atoms with E-state index in [4.69, 9.17) is 0 Å². The maximum Gasteiger partial charge on any atom is 0.252 e. The van der Waals surface area contributed by atoms with Crippen molar-refractivity contribution in [1.29, 1.82) is 0 Å². The highest BCUT2D eigenvalue weighted by Crippen LogP contribution is 2.30. The minimum atomic E-state index is 0.0443. The Balaban J connectivity index is 1.75. The zero-order valence-electron chi connectivity index (χ0n) is 11.7. The smallest absolute Gasteiger partial charge is 0.252 e. The molecular weight excluding hydrogens is 266 g/mol. The number of fused-ring (bicyclic) bond motifs is 1. The van der Waals surface area contributed by atoms with Crippen LogP contribution in [0.4, 0.5) is 0 Å². The topological polar surface area (TPSA) is 29.1 Å². The molecule has 0 unspecified atom stereocenters. The molecule has 3 rings (SSSR count). The quantitative estimate of drug-likeness (QED) is 0.903. The maximum absolute atomic E-state index is 12.5. The van der Waals surface area contributed by atoms with Gasteiger partial charge in [-0.15, -0.1) is 11.3 Å². The lowest BCUT2D eigenvalue weighted by Gasteiger charge is -2.16. The van der Waals surface area contributed by atoms with Crippen molar-refractivity contribution in [2.45, 2.75) is 38.6 Å². The van der Waals surface area contributed by atoms with Crippen LogP contribution in [0.5, 0.6) is 0 Å². The number of carbonyl (C=O) groups excluding carboxylic acids is 1. The van der Waals surface area contributed by atoms with E-state index in [9.17, 15) is 4.79 Å². The molecule has 0 aliphatic heterocycles. The molecule has 0 radical (unpaired) electrons. The van der Waals surface area contributed by atoms with Crippen LogP contribution in [-0.4, -0.2) is 5.91 Å². The van der Waals surface area contributed by atoms with Crippen LogP contribution in [0.2, 0.25) is 0 Å². The van der Waals surface area contributed by atoms with Gasteiger partial charge in [0, 0.05) is 10.3 Å². The fraction of sp³-hybridized carbons (Fsp3) is 0.353. The van der Waals surface area contributed by atoms with Crippen molar-refractivity contribution in [2.24, 2.45) is 0 Å². The van der Waals surface area contributed by atoms with Crippen molar-refractivity contribution in [2.75, 3.05) is 0 Å². The Morgan fingerprint density at radius 1 is 1.20 bits per heavy atom. The van der Waals surface area contributed by atoms with Crippen LogP contribution in [0.3, 0.4) is 0 Å². The number of nitrogens with one attached hydrogen (secondary N) is 1. The molecule has 0 fully saturated rings. The SMILES string of the molecule is C[C@@H](NC(=O)c1csc2c1CCCC2)c1ccccc1. The second-order valence-electron chi connectivity index (χ2n) is 5.36. The van der Waals surface area contributed by atoms with Crippen LogP contribution in [0, 0.1) is 0 Å². The summed E-state index contributed by atoms with van der Waals surface area (Å²) in [4.78, 5) is 13.9. The first-order chi connectivity index (χ1) is 9.75. The largest absolute Gasteiger partial charge is 0.345 e. The molecule has 20 heavy (non-hydrogen) atoms. The summed E-state index contributed by atoms with van der Waals surface area (Å²) in [7, 11) is 0. The molecule has 3 heteroatoms. The molecule has 0 spiro atoms. The number of hydrogen-bond acceptors (Lipinski definition) is 2. The van der Waals surface area contributed by atoms with Crippen molar-refractivity contribution >= 4 is 17.2 Å². The van der Waals surface area contributed by atoms with Crippen molar-refractivity contribution in [3.8, 4) is 0 Å². The van der Waals surface area contributed by atoms with E-state index in [1.807, 2.05) is 42.6 Å². The third kappa shape index (κ3) is 2.63. The van der Waals surface area contributed by atoms with E-state index in [2.05, 4.69) is 5.32 Å². The van der Waals surface area contributed by atoms with Gasteiger partial charge >= 0.3 is 0 Å². The first-order valence-electron chi connectivity index (χ1n) is 7.21. The van der Waals surface area contributed by atoms with Crippen LogP contribution >= 0.6 is 11.3 Å². The van der Waals surface area contributed by atoms with Crippen molar-refractivity contribution < 1.29 is 4.79 Å². The summed E-state index contributed by atoms with van der Waals surface area (Å²) >= 11 is 1.74. The third-order valence-corrected chi connectivity index (χ3v) is 5.04. The zero-order chi connectivity index (χ0) is 13.9. The minimum Gasteiger partial charge on any atom is -0.345 e. The monoisotopic (exact) mass is 285 g/mol. The summed E-state index contributed by atoms with van der Waals surface area (Å²) < 4.78 is 0. The summed E-state index contributed by atoms with van der Waals surface area (Å²) in [6.07, 6.45) is 4.66. The van der Waals surface area contributed by atoms with Gasteiger partial charge in [0.25, 0.3) is 5.91 Å². The average Bonchev–Trinajstić information content (AvgIpc) is 2.92. The second kappa shape index (κ2) is 5.80. The standard InChI is InChI=1S/C17H19NOS/c1-12(13-7-3-2-4-8-13)18-17(19)15-11-20-16-10-6-5-9-14(15)16/h2-4,7-8,11-12H,5-6,9-10H2,1H3,(H,18,19)/t12-/m1/s1. The number of thiophene rings is 1. The van der Waals surface area contributed by atoms with Gasteiger partial charge in [-0.25, -0.2) is 0 Å². The van der Waals surface area contributed by atoms with Crippen LogP contribution in [0.1, 0.15) is 52.2 Å². The molecule has 1 N–H and O–H groups in total. The maximum atomic E-state index is 12.5. The summed E-state index contributed by atoms with van der Waals surface area (Å²) in [5.41, 5.74) is 3.33. The molecule has 2 aromatic rings. The Morgan fingerprint density at radius 2 is 1.95 bits per heavy atom. The van der Waals surface area contributed by atoms with Crippen LogP contribution < -0.4 is 5.32 Å². The lowest BCUT2D eigenvalue weighted by molar-refractivity contribution is 0.0939. The molecule has 1 aliphatic carbocycles. The first kappa shape index (κ1) is 13.4. The second-order valence-corrected chi connectivity index (χ2v) is 6.33. The highest BCUT2D eigenvalue weighted by atomic mass is 32.1. The van der Waals surface area contributed by atoms with Gasteiger partial charge in [-0.3, -0.25) is 4.79 Å². The van der Waals surface area contributed by atoms with Gasteiger partial charge < -0.3 is 5.32 Å². The minimum absolute atomic E-state index is 0.0443.